The number of fused-ring (bicyclic) bond motifs is 3. The predicted molar refractivity (Wildman–Crippen MR) is 61.9 cm³/mol. The van der Waals surface area contributed by atoms with Crippen molar-refractivity contribution >= 4 is 26.5 Å². The molecule has 0 spiro atoms. The SMILES string of the molecule is COc1cccc2sc3nc(C)cn3c12. The summed E-state index contributed by atoms with van der Waals surface area (Å²) in [7, 11) is 1.70. The van der Waals surface area contributed by atoms with Crippen LogP contribution >= 0.6 is 11.3 Å². The zero-order chi connectivity index (χ0) is 10.4. The lowest BCUT2D eigenvalue weighted by atomic mass is 10.3. The molecule has 0 aliphatic carbocycles. The van der Waals surface area contributed by atoms with E-state index in [9.17, 15) is 0 Å². The Bertz CT molecular complexity index is 638. The van der Waals surface area contributed by atoms with Gasteiger partial charge in [0.2, 0.25) is 0 Å². The fourth-order valence-electron chi connectivity index (χ4n) is 1.79. The minimum Gasteiger partial charge on any atom is -0.495 e. The molecule has 0 saturated heterocycles. The van der Waals surface area contributed by atoms with Crippen LogP contribution in [0.4, 0.5) is 0 Å². The number of hydrogen-bond donors (Lipinski definition) is 0. The van der Waals surface area contributed by atoms with Crippen LogP contribution in [0, 0.1) is 6.92 Å². The standard InChI is InChI=1S/C11H10N2OS/c1-7-6-13-10-8(14-2)4-3-5-9(10)15-11(13)12-7/h3-6H,1-2H3. The molecule has 4 heteroatoms. The molecule has 76 valence electrons. The first-order chi connectivity index (χ1) is 7.29. The number of rotatable bonds is 1. The lowest BCUT2D eigenvalue weighted by Crippen LogP contribution is -1.86. The smallest absolute Gasteiger partial charge is 0.195 e. The molecule has 3 nitrogen and oxygen atoms in total. The predicted octanol–water partition coefficient (Wildman–Crippen LogP) is 2.87. The third-order valence-corrected chi connectivity index (χ3v) is 3.44. The van der Waals surface area contributed by atoms with Gasteiger partial charge in [0.15, 0.2) is 4.96 Å². The third-order valence-electron chi connectivity index (χ3n) is 2.42. The van der Waals surface area contributed by atoms with Gasteiger partial charge in [-0.1, -0.05) is 17.4 Å². The van der Waals surface area contributed by atoms with Crippen molar-refractivity contribution in [3.8, 4) is 5.75 Å². The molecule has 15 heavy (non-hydrogen) atoms. The van der Waals surface area contributed by atoms with Crippen LogP contribution in [0.2, 0.25) is 0 Å². The molecule has 0 bridgehead atoms. The van der Waals surface area contributed by atoms with Crippen molar-refractivity contribution in [3.05, 3.63) is 30.1 Å². The Hall–Kier alpha value is -1.55. The van der Waals surface area contributed by atoms with Crippen molar-refractivity contribution in [2.75, 3.05) is 7.11 Å². The van der Waals surface area contributed by atoms with E-state index in [1.54, 1.807) is 18.4 Å². The van der Waals surface area contributed by atoms with Gasteiger partial charge in [0.1, 0.15) is 11.3 Å². The van der Waals surface area contributed by atoms with Crippen molar-refractivity contribution in [1.29, 1.82) is 0 Å². The van der Waals surface area contributed by atoms with E-state index in [1.165, 1.54) is 4.70 Å². The second-order valence-electron chi connectivity index (χ2n) is 3.44. The van der Waals surface area contributed by atoms with Crippen LogP contribution in [0.15, 0.2) is 24.4 Å². The molecule has 2 aromatic heterocycles. The first-order valence-electron chi connectivity index (χ1n) is 4.71. The normalized spacial score (nSPS) is 11.3. The highest BCUT2D eigenvalue weighted by Crippen LogP contribution is 2.32. The van der Waals surface area contributed by atoms with Gasteiger partial charge in [-0.05, 0) is 19.1 Å². The molecule has 0 unspecified atom stereocenters. The quantitative estimate of drug-likeness (QED) is 0.628. The third kappa shape index (κ3) is 1.15. The average molecular weight is 218 g/mol. The molecule has 0 atom stereocenters. The van der Waals surface area contributed by atoms with Crippen molar-refractivity contribution in [1.82, 2.24) is 9.38 Å². The molecule has 1 aromatic carbocycles. The van der Waals surface area contributed by atoms with Crippen molar-refractivity contribution in [2.45, 2.75) is 6.92 Å². The van der Waals surface area contributed by atoms with Gasteiger partial charge >= 0.3 is 0 Å². The van der Waals surface area contributed by atoms with Crippen LogP contribution in [0.5, 0.6) is 5.75 Å². The zero-order valence-electron chi connectivity index (χ0n) is 8.52. The summed E-state index contributed by atoms with van der Waals surface area (Å²) < 4.78 is 8.66. The van der Waals surface area contributed by atoms with E-state index >= 15 is 0 Å². The number of thiazole rings is 1. The molecule has 0 amide bonds. The molecule has 0 aliphatic rings. The summed E-state index contributed by atoms with van der Waals surface area (Å²) in [6, 6.07) is 6.07. The number of hydrogen-bond acceptors (Lipinski definition) is 3. The second kappa shape index (κ2) is 2.97. The van der Waals surface area contributed by atoms with E-state index in [-0.39, 0.29) is 0 Å². The number of benzene rings is 1. The highest BCUT2D eigenvalue weighted by molar-refractivity contribution is 7.23. The van der Waals surface area contributed by atoms with E-state index in [0.717, 1.165) is 21.9 Å². The summed E-state index contributed by atoms with van der Waals surface area (Å²) in [6.45, 7) is 2.00. The van der Waals surface area contributed by atoms with Gasteiger partial charge in [-0.2, -0.15) is 0 Å². The molecule has 3 rings (SSSR count). The van der Waals surface area contributed by atoms with Crippen LogP contribution in [-0.4, -0.2) is 16.5 Å². The fourth-order valence-corrected chi connectivity index (χ4v) is 2.86. The number of para-hydroxylation sites is 1. The van der Waals surface area contributed by atoms with Crippen LogP contribution in [0.1, 0.15) is 5.69 Å². The Kier molecular flexibility index (Phi) is 1.73. The highest BCUT2D eigenvalue weighted by atomic mass is 32.1. The van der Waals surface area contributed by atoms with Gasteiger partial charge < -0.3 is 4.74 Å². The monoisotopic (exact) mass is 218 g/mol. The summed E-state index contributed by atoms with van der Waals surface area (Å²) in [4.78, 5) is 5.47. The number of methoxy groups -OCH3 is 1. The maximum absolute atomic E-state index is 5.36. The minimum atomic E-state index is 0.899. The van der Waals surface area contributed by atoms with Crippen molar-refractivity contribution < 1.29 is 4.74 Å². The van der Waals surface area contributed by atoms with Crippen LogP contribution < -0.4 is 4.74 Å². The van der Waals surface area contributed by atoms with E-state index in [1.807, 2.05) is 25.3 Å². The summed E-state index contributed by atoms with van der Waals surface area (Å²) in [6.07, 6.45) is 2.04. The fraction of sp³-hybridized carbons (Fsp3) is 0.182. The largest absolute Gasteiger partial charge is 0.495 e. The van der Waals surface area contributed by atoms with Gasteiger partial charge in [-0.25, -0.2) is 4.98 Å². The highest BCUT2D eigenvalue weighted by Gasteiger charge is 2.10. The summed E-state index contributed by atoms with van der Waals surface area (Å²) in [5, 5.41) is 0. The lowest BCUT2D eigenvalue weighted by Gasteiger charge is -2.00. The molecule has 3 aromatic rings. The van der Waals surface area contributed by atoms with Crippen molar-refractivity contribution in [3.63, 3.8) is 0 Å². The number of nitrogens with zero attached hydrogens (tertiary/aromatic N) is 2. The molecule has 0 aliphatic heterocycles. The van der Waals surface area contributed by atoms with E-state index in [2.05, 4.69) is 15.5 Å². The lowest BCUT2D eigenvalue weighted by molar-refractivity contribution is 0.418. The first-order valence-corrected chi connectivity index (χ1v) is 5.52. The molecule has 0 N–H and O–H groups in total. The Morgan fingerprint density at radius 2 is 2.27 bits per heavy atom. The van der Waals surface area contributed by atoms with Gasteiger partial charge in [0, 0.05) is 6.20 Å². The number of imidazole rings is 1. The Morgan fingerprint density at radius 3 is 3.07 bits per heavy atom. The first kappa shape index (κ1) is 8.73. The zero-order valence-corrected chi connectivity index (χ0v) is 9.34. The Labute approximate surface area is 90.9 Å². The van der Waals surface area contributed by atoms with Crippen molar-refractivity contribution in [2.24, 2.45) is 0 Å². The van der Waals surface area contributed by atoms with Crippen LogP contribution in [0.25, 0.3) is 15.2 Å². The summed E-state index contributed by atoms with van der Waals surface area (Å²) >= 11 is 1.68. The molecule has 0 radical (unpaired) electrons. The topological polar surface area (TPSA) is 26.5 Å². The van der Waals surface area contributed by atoms with E-state index < -0.39 is 0 Å². The summed E-state index contributed by atoms with van der Waals surface area (Å²) in [5.41, 5.74) is 2.15. The minimum absolute atomic E-state index is 0.899. The Morgan fingerprint density at radius 1 is 1.40 bits per heavy atom. The van der Waals surface area contributed by atoms with Gasteiger partial charge in [-0.15, -0.1) is 0 Å². The van der Waals surface area contributed by atoms with Gasteiger partial charge in [0.05, 0.1) is 17.5 Å². The van der Waals surface area contributed by atoms with Gasteiger partial charge in [0.25, 0.3) is 0 Å². The molecule has 0 fully saturated rings. The van der Waals surface area contributed by atoms with Crippen LogP contribution in [0.3, 0.4) is 0 Å². The van der Waals surface area contributed by atoms with E-state index in [0.29, 0.717) is 0 Å². The average Bonchev–Trinajstić information content (AvgIpc) is 2.72. The Balaban J connectivity index is 2.53. The van der Waals surface area contributed by atoms with E-state index in [4.69, 9.17) is 4.74 Å². The maximum Gasteiger partial charge on any atom is 0.195 e. The second-order valence-corrected chi connectivity index (χ2v) is 4.45. The molecular weight excluding hydrogens is 208 g/mol. The van der Waals surface area contributed by atoms with Gasteiger partial charge in [-0.3, -0.25) is 4.40 Å². The molecule has 0 saturated carbocycles. The number of ether oxygens (including phenoxy) is 1. The maximum atomic E-state index is 5.36. The molecular formula is C11H10N2OS. The summed E-state index contributed by atoms with van der Waals surface area (Å²) in [5.74, 6) is 0.899. The number of aromatic nitrogens is 2. The molecule has 2 heterocycles. The number of aryl methyl sites for hydroxylation is 1. The van der Waals surface area contributed by atoms with Crippen LogP contribution in [-0.2, 0) is 0 Å².